The molecule has 30 heavy (non-hydrogen) atoms. The average Bonchev–Trinajstić information content (AvgIpc) is 2.71. The molecule has 4 nitrogen and oxygen atoms in total. The van der Waals surface area contributed by atoms with Crippen LogP contribution < -0.4 is 24.0 Å². The van der Waals surface area contributed by atoms with Crippen molar-refractivity contribution in [3.8, 4) is 0 Å². The molecule has 184 valence electrons. The Morgan fingerprint density at radius 3 is 1.40 bits per heavy atom. The highest BCUT2D eigenvalue weighted by atomic mass is 127. The van der Waals surface area contributed by atoms with Gasteiger partial charge < -0.3 is 28.5 Å². The van der Waals surface area contributed by atoms with Crippen LogP contribution in [0.4, 0.5) is 0 Å². The van der Waals surface area contributed by atoms with Gasteiger partial charge in [0.15, 0.2) is 0 Å². The summed E-state index contributed by atoms with van der Waals surface area (Å²) in [5.41, 5.74) is 0. The zero-order chi connectivity index (χ0) is 22.0. The van der Waals surface area contributed by atoms with Gasteiger partial charge in [0.2, 0.25) is 10.0 Å². The molecule has 0 spiro atoms. The predicted octanol–water partition coefficient (Wildman–Crippen LogP) is 3.22. The second-order valence-corrected chi connectivity index (χ2v) is 11.4. The summed E-state index contributed by atoms with van der Waals surface area (Å²) in [5, 5.41) is 0. The van der Waals surface area contributed by atoms with E-state index in [9.17, 15) is 8.42 Å². The molecule has 0 aromatic carbocycles. The van der Waals surface area contributed by atoms with Crippen LogP contribution in [-0.4, -0.2) is 63.2 Å². The Morgan fingerprint density at radius 2 is 1.03 bits per heavy atom. The Hall–Kier alpha value is 0.600. The van der Waals surface area contributed by atoms with Crippen LogP contribution in [0.1, 0.15) is 111 Å². The normalized spacial score (nSPS) is 12.3. The van der Waals surface area contributed by atoms with E-state index in [0.717, 1.165) is 37.0 Å². The molecule has 0 atom stereocenters. The molecule has 6 heteroatoms. The molecule has 0 saturated carbocycles. The summed E-state index contributed by atoms with van der Waals surface area (Å²) in [5.74, 6) is 0.309. The number of quaternary nitrogens is 1. The lowest BCUT2D eigenvalue weighted by atomic mass is 10.0. The smallest absolute Gasteiger partial charge is 0.214 e. The van der Waals surface area contributed by atoms with E-state index < -0.39 is 10.0 Å². The second-order valence-electron chi connectivity index (χ2n) is 9.21. The Bertz CT molecular complexity index is 468. The van der Waals surface area contributed by atoms with Crippen LogP contribution in [0.15, 0.2) is 0 Å². The monoisotopic (exact) mass is 560 g/mol. The molecule has 0 aliphatic carbocycles. The number of rotatable bonds is 21. The fourth-order valence-corrected chi connectivity index (χ4v) is 4.94. The number of nitrogens with zero attached hydrogens (tertiary/aromatic N) is 2. The van der Waals surface area contributed by atoms with E-state index in [0.29, 0.717) is 12.3 Å². The van der Waals surface area contributed by atoms with Crippen molar-refractivity contribution in [1.29, 1.82) is 0 Å². The van der Waals surface area contributed by atoms with Gasteiger partial charge in [0, 0.05) is 7.05 Å². The Balaban J connectivity index is 0. The minimum Gasteiger partial charge on any atom is -1.00 e. The number of halogens is 1. The maximum atomic E-state index is 12.5. The van der Waals surface area contributed by atoms with Crippen molar-refractivity contribution in [2.24, 2.45) is 0 Å². The summed E-state index contributed by atoms with van der Waals surface area (Å²) < 4.78 is 27.4. The number of sulfonamides is 1. The van der Waals surface area contributed by atoms with Crippen LogP contribution in [0, 0.1) is 0 Å². The van der Waals surface area contributed by atoms with Gasteiger partial charge in [0.25, 0.3) is 0 Å². The van der Waals surface area contributed by atoms with Crippen molar-refractivity contribution >= 4 is 10.0 Å². The molecule has 0 rings (SSSR count). The maximum Gasteiger partial charge on any atom is 0.214 e. The van der Waals surface area contributed by atoms with Crippen LogP contribution in [0.25, 0.3) is 0 Å². The van der Waals surface area contributed by atoms with Crippen LogP contribution in [-0.2, 0) is 10.0 Å². The Labute approximate surface area is 207 Å². The molecule has 0 amide bonds. The molecule has 0 N–H and O–H groups in total. The minimum absolute atomic E-state index is 0. The summed E-state index contributed by atoms with van der Waals surface area (Å²) >= 11 is 0. The Kier molecular flexibility index (Phi) is 22.1. The summed E-state index contributed by atoms with van der Waals surface area (Å²) in [6.07, 6.45) is 18.1. The third-order valence-electron chi connectivity index (χ3n) is 6.71. The van der Waals surface area contributed by atoms with Crippen molar-refractivity contribution in [1.82, 2.24) is 4.31 Å². The summed E-state index contributed by atoms with van der Waals surface area (Å²) in [6.45, 7) is 10.2. The number of hydrogen-bond acceptors (Lipinski definition) is 2. The van der Waals surface area contributed by atoms with Gasteiger partial charge in [0.05, 0.1) is 39.0 Å². The molecule has 0 aromatic heterocycles. The van der Waals surface area contributed by atoms with Gasteiger partial charge in [-0.3, -0.25) is 0 Å². The topological polar surface area (TPSA) is 37.4 Å². The summed E-state index contributed by atoms with van der Waals surface area (Å²) in [7, 11) is 0.855. The fourth-order valence-electron chi connectivity index (χ4n) is 3.70. The second kappa shape index (κ2) is 20.2. The van der Waals surface area contributed by atoms with Crippen LogP contribution in [0.2, 0.25) is 0 Å². The van der Waals surface area contributed by atoms with E-state index in [4.69, 9.17) is 0 Å². The van der Waals surface area contributed by atoms with Crippen molar-refractivity contribution in [3.63, 3.8) is 0 Å². The van der Waals surface area contributed by atoms with E-state index in [1.165, 1.54) is 77.0 Å². The molecule has 0 heterocycles. The first-order valence-corrected chi connectivity index (χ1v) is 14.2. The first-order chi connectivity index (χ1) is 13.8. The zero-order valence-corrected chi connectivity index (χ0v) is 23.9. The lowest BCUT2D eigenvalue weighted by Crippen LogP contribution is -3.00. The molecular weight excluding hydrogens is 507 g/mol. The van der Waals surface area contributed by atoms with E-state index in [1.54, 1.807) is 11.4 Å². The molecule has 0 saturated heterocycles. The third-order valence-corrected chi connectivity index (χ3v) is 8.65. The van der Waals surface area contributed by atoms with E-state index in [2.05, 4.69) is 27.8 Å². The van der Waals surface area contributed by atoms with Crippen LogP contribution in [0.3, 0.4) is 0 Å². The summed E-state index contributed by atoms with van der Waals surface area (Å²) in [6, 6.07) is 0. The molecule has 0 fully saturated rings. The molecule has 0 aliphatic rings. The highest BCUT2D eigenvalue weighted by Crippen LogP contribution is 2.13. The van der Waals surface area contributed by atoms with Gasteiger partial charge in [-0.2, -0.15) is 4.31 Å². The number of unbranched alkanes of at least 4 members (excludes halogenated alkanes) is 13. The van der Waals surface area contributed by atoms with Gasteiger partial charge in [-0.25, -0.2) is 8.42 Å². The van der Waals surface area contributed by atoms with E-state index >= 15 is 0 Å². The molecule has 0 bridgehead atoms. The third kappa shape index (κ3) is 17.2. The van der Waals surface area contributed by atoms with Gasteiger partial charge in [-0.05, 0) is 20.3 Å². The van der Waals surface area contributed by atoms with Crippen molar-refractivity contribution in [2.75, 3.05) is 46.0 Å². The first-order valence-electron chi connectivity index (χ1n) is 12.6. The molecule has 0 aromatic rings. The highest BCUT2D eigenvalue weighted by molar-refractivity contribution is 7.89. The molecule has 0 unspecified atom stereocenters. The average molecular weight is 561 g/mol. The molecular formula is C24H53IN2O2S. The van der Waals surface area contributed by atoms with E-state index in [1.807, 2.05) is 0 Å². The molecule has 0 aliphatic heterocycles. The fraction of sp³-hybridized carbons (Fsp3) is 1.00. The summed E-state index contributed by atoms with van der Waals surface area (Å²) in [4.78, 5) is 0. The van der Waals surface area contributed by atoms with Crippen molar-refractivity contribution in [3.05, 3.63) is 0 Å². The lowest BCUT2D eigenvalue weighted by Gasteiger charge is -2.33. The number of hydrogen-bond donors (Lipinski definition) is 0. The largest absolute Gasteiger partial charge is 1.00 e. The van der Waals surface area contributed by atoms with Crippen molar-refractivity contribution < 1.29 is 36.9 Å². The van der Waals surface area contributed by atoms with Gasteiger partial charge in [0.1, 0.15) is 0 Å². The Morgan fingerprint density at radius 1 is 0.667 bits per heavy atom. The van der Waals surface area contributed by atoms with Crippen molar-refractivity contribution in [2.45, 2.75) is 111 Å². The van der Waals surface area contributed by atoms with E-state index in [-0.39, 0.29) is 24.0 Å². The maximum absolute atomic E-state index is 12.5. The quantitative estimate of drug-likeness (QED) is 0.123. The van der Waals surface area contributed by atoms with Gasteiger partial charge >= 0.3 is 0 Å². The minimum atomic E-state index is -3.09. The molecule has 0 radical (unpaired) electrons. The first kappa shape index (κ1) is 32.8. The van der Waals surface area contributed by atoms with Crippen LogP contribution in [0.5, 0.6) is 0 Å². The highest BCUT2D eigenvalue weighted by Gasteiger charge is 2.22. The SMILES string of the molecule is CCCCCCCCCCCCCCCCS(=O)(=O)N(C)CC[N+](C)(CC)CC.[I-]. The van der Waals surface area contributed by atoms with Crippen LogP contribution >= 0.6 is 0 Å². The van der Waals surface area contributed by atoms with Gasteiger partial charge in [-0.1, -0.05) is 90.4 Å². The van der Waals surface area contributed by atoms with Gasteiger partial charge in [-0.15, -0.1) is 0 Å². The number of likely N-dealkylation sites (N-methyl/N-ethyl adjacent to an activating group) is 2. The predicted molar refractivity (Wildman–Crippen MR) is 129 cm³/mol. The zero-order valence-electron chi connectivity index (χ0n) is 20.9. The lowest BCUT2D eigenvalue weighted by molar-refractivity contribution is -0.905. The standard InChI is InChI=1S/C24H53N2O2S.HI/c1-6-9-10-11-12-13-14-15-16-17-18-19-20-21-24-29(27,28)25(4)22-23-26(5,7-2)8-3;/h6-24H2,1-5H3;1H/q+1;/p-1.